The van der Waals surface area contributed by atoms with Gasteiger partial charge in [-0.05, 0) is 73.4 Å². The summed E-state index contributed by atoms with van der Waals surface area (Å²) in [6.07, 6.45) is 2.84. The predicted molar refractivity (Wildman–Crippen MR) is 152 cm³/mol. The molecule has 0 radical (unpaired) electrons. The van der Waals surface area contributed by atoms with Gasteiger partial charge in [-0.15, -0.1) is 0 Å². The zero-order valence-electron chi connectivity index (χ0n) is 23.3. The lowest BCUT2D eigenvalue weighted by Crippen LogP contribution is -2.32. The topological polar surface area (TPSA) is 64.6 Å². The number of fused-ring (bicyclic) bond motifs is 1. The number of halogens is 3. The van der Waals surface area contributed by atoms with Crippen LogP contribution in [0.4, 0.5) is 24.5 Å². The maximum Gasteiger partial charge on any atom is 0.416 e. The second-order valence-electron chi connectivity index (χ2n) is 10.6. The summed E-state index contributed by atoms with van der Waals surface area (Å²) in [5, 5.41) is 2.81. The molecule has 3 aromatic rings. The molecule has 1 aromatic heterocycles. The van der Waals surface area contributed by atoms with Gasteiger partial charge in [-0.3, -0.25) is 9.69 Å². The number of hydrogen-bond donors (Lipinski definition) is 1. The van der Waals surface area contributed by atoms with Crippen LogP contribution in [0.15, 0.2) is 55.1 Å². The van der Waals surface area contributed by atoms with Gasteiger partial charge in [0, 0.05) is 51.0 Å². The Kier molecular flexibility index (Phi) is 9.76. The fourth-order valence-corrected chi connectivity index (χ4v) is 5.27. The van der Waals surface area contributed by atoms with Crippen LogP contribution in [0.3, 0.4) is 0 Å². The number of benzene rings is 2. The minimum absolute atomic E-state index is 0.435. The van der Waals surface area contributed by atoms with E-state index in [-0.39, 0.29) is 0 Å². The van der Waals surface area contributed by atoms with Gasteiger partial charge in [0.05, 0.1) is 23.6 Å². The molecular weight excluding hydrogens is 517 g/mol. The van der Waals surface area contributed by atoms with E-state index in [1.165, 1.54) is 23.5 Å². The molecule has 5 rings (SSSR count). The Balaban J connectivity index is 0.000000186. The number of hydrogen-bond acceptors (Lipinski definition) is 7. The van der Waals surface area contributed by atoms with E-state index in [0.29, 0.717) is 23.7 Å². The molecule has 0 spiro atoms. The Morgan fingerprint density at radius 1 is 1.05 bits per heavy atom. The molecule has 214 valence electrons. The summed E-state index contributed by atoms with van der Waals surface area (Å²) in [6, 6.07) is 10.2. The largest absolute Gasteiger partial charge is 0.416 e. The van der Waals surface area contributed by atoms with E-state index in [4.69, 9.17) is 0 Å². The number of carbonyl (C=O) groups is 1. The van der Waals surface area contributed by atoms with Gasteiger partial charge in [0.25, 0.3) is 0 Å². The van der Waals surface area contributed by atoms with Gasteiger partial charge in [0.1, 0.15) is 12.6 Å². The molecule has 2 aliphatic heterocycles. The number of anilines is 2. The van der Waals surface area contributed by atoms with Gasteiger partial charge in [-0.1, -0.05) is 19.1 Å². The van der Waals surface area contributed by atoms with Crippen molar-refractivity contribution < 1.29 is 18.0 Å². The summed E-state index contributed by atoms with van der Waals surface area (Å²) in [5.41, 5.74) is 4.93. The summed E-state index contributed by atoms with van der Waals surface area (Å²) in [5.74, 6) is 0.435. The van der Waals surface area contributed by atoms with E-state index < -0.39 is 11.7 Å². The van der Waals surface area contributed by atoms with Crippen molar-refractivity contribution in [1.82, 2.24) is 19.8 Å². The first-order chi connectivity index (χ1) is 19.2. The number of rotatable bonds is 5. The van der Waals surface area contributed by atoms with Gasteiger partial charge < -0.3 is 15.1 Å². The highest BCUT2D eigenvalue weighted by Gasteiger charge is 2.31. The van der Waals surface area contributed by atoms with Crippen LogP contribution in [-0.4, -0.2) is 72.9 Å². The Hall–Kier alpha value is -3.50. The number of aldehydes is 1. The van der Waals surface area contributed by atoms with Crippen LogP contribution >= 0.6 is 0 Å². The van der Waals surface area contributed by atoms with Crippen LogP contribution < -0.4 is 10.2 Å². The number of aromatic nitrogens is 2. The maximum atomic E-state index is 12.9. The van der Waals surface area contributed by atoms with Crippen LogP contribution in [0.2, 0.25) is 0 Å². The molecule has 1 unspecified atom stereocenters. The van der Waals surface area contributed by atoms with Gasteiger partial charge in [-0.25, -0.2) is 9.97 Å². The summed E-state index contributed by atoms with van der Waals surface area (Å²) >= 11 is 0. The molecule has 3 heterocycles. The van der Waals surface area contributed by atoms with Crippen LogP contribution in [-0.2, 0) is 19.3 Å². The van der Waals surface area contributed by atoms with Crippen molar-refractivity contribution in [2.24, 2.45) is 0 Å². The minimum atomic E-state index is -4.30. The zero-order chi connectivity index (χ0) is 28.7. The second-order valence-corrected chi connectivity index (χ2v) is 10.6. The first-order valence-corrected chi connectivity index (χ1v) is 13.5. The predicted octanol–water partition coefficient (Wildman–Crippen LogP) is 5.30. The number of nitrogens with one attached hydrogen (secondary N) is 1. The lowest BCUT2D eigenvalue weighted by molar-refractivity contribution is -0.137. The third kappa shape index (κ3) is 7.79. The number of carbonyl (C=O) groups excluding carboxylic acids is 1. The van der Waals surface area contributed by atoms with Gasteiger partial charge in [0.2, 0.25) is 0 Å². The summed E-state index contributed by atoms with van der Waals surface area (Å²) in [4.78, 5) is 25.8. The third-order valence-electron chi connectivity index (χ3n) is 7.43. The van der Waals surface area contributed by atoms with Crippen LogP contribution in [0.5, 0.6) is 0 Å². The lowest BCUT2D eigenvalue weighted by atomic mass is 9.90. The van der Waals surface area contributed by atoms with E-state index >= 15 is 0 Å². The molecule has 40 heavy (non-hydrogen) atoms. The Labute approximate surface area is 234 Å². The molecule has 1 fully saturated rings. The van der Waals surface area contributed by atoms with E-state index in [2.05, 4.69) is 50.0 Å². The summed E-state index contributed by atoms with van der Waals surface area (Å²) < 4.78 is 38.8. The molecule has 2 aromatic carbocycles. The van der Waals surface area contributed by atoms with Gasteiger partial charge in [0.15, 0.2) is 0 Å². The highest BCUT2D eigenvalue weighted by molar-refractivity contribution is 5.75. The highest BCUT2D eigenvalue weighted by Crippen LogP contribution is 2.33. The smallest absolute Gasteiger partial charge is 0.388 e. The normalized spacial score (nSPS) is 18.2. The van der Waals surface area contributed by atoms with Crippen molar-refractivity contribution in [3.8, 4) is 0 Å². The van der Waals surface area contributed by atoms with Crippen LogP contribution in [0.25, 0.3) is 0 Å². The molecular formula is C30H37F3N6O. The van der Waals surface area contributed by atoms with Crippen LogP contribution in [0.1, 0.15) is 51.9 Å². The van der Waals surface area contributed by atoms with E-state index in [0.717, 1.165) is 69.3 Å². The Morgan fingerprint density at radius 2 is 1.82 bits per heavy atom. The number of alkyl halides is 3. The molecule has 1 N–H and O–H groups in total. The average molecular weight is 555 g/mol. The lowest BCUT2D eigenvalue weighted by Gasteiger charge is -2.34. The number of likely N-dealkylation sites (N-methyl/N-ethyl adjacent to an activating group) is 1. The third-order valence-corrected chi connectivity index (χ3v) is 7.43. The second kappa shape index (κ2) is 13.2. The van der Waals surface area contributed by atoms with Crippen molar-refractivity contribution in [3.05, 3.63) is 82.9 Å². The quantitative estimate of drug-likeness (QED) is 0.430. The fraction of sp³-hybridized carbons (Fsp3) is 0.433. The molecule has 1 atom stereocenters. The van der Waals surface area contributed by atoms with E-state index in [9.17, 15) is 18.0 Å². The zero-order valence-corrected chi connectivity index (χ0v) is 23.3. The fourth-order valence-electron chi connectivity index (χ4n) is 5.27. The SMILES string of the molecule is CC1CN(c2cncnc2)Cc2cc(C=O)ccc21.CNc1cc(CN2CCCN(C)CC2)cc(C(F)(F)F)c1. The number of nitrogens with zero attached hydrogens (tertiary/aromatic N) is 5. The molecule has 0 amide bonds. The molecule has 0 aliphatic carbocycles. The highest BCUT2D eigenvalue weighted by atomic mass is 19.4. The van der Waals surface area contributed by atoms with Crippen molar-refractivity contribution in [2.75, 3.05) is 57.0 Å². The monoisotopic (exact) mass is 554 g/mol. The van der Waals surface area contributed by atoms with Crippen molar-refractivity contribution in [1.29, 1.82) is 0 Å². The van der Waals surface area contributed by atoms with E-state index in [1.807, 2.05) is 24.5 Å². The van der Waals surface area contributed by atoms with Crippen molar-refractivity contribution in [3.63, 3.8) is 0 Å². The van der Waals surface area contributed by atoms with Gasteiger partial charge in [-0.2, -0.15) is 13.2 Å². The Morgan fingerprint density at radius 3 is 2.52 bits per heavy atom. The molecule has 2 aliphatic rings. The first-order valence-electron chi connectivity index (χ1n) is 13.5. The minimum Gasteiger partial charge on any atom is -0.388 e. The molecule has 0 saturated carbocycles. The molecule has 10 heteroatoms. The van der Waals surface area contributed by atoms with E-state index in [1.54, 1.807) is 13.1 Å². The summed E-state index contributed by atoms with van der Waals surface area (Å²) in [7, 11) is 3.72. The molecule has 7 nitrogen and oxygen atoms in total. The summed E-state index contributed by atoms with van der Waals surface area (Å²) in [6.45, 7) is 8.33. The maximum absolute atomic E-state index is 12.9. The molecule has 1 saturated heterocycles. The van der Waals surface area contributed by atoms with Crippen LogP contribution in [0, 0.1) is 0 Å². The molecule has 0 bridgehead atoms. The standard InChI is InChI=1S/C15H22F3N3.C15H15N3O/c1-19-14-9-12(8-13(10-14)15(16,17)18)11-21-5-3-4-20(2)6-7-21;1-11-7-18(14-5-16-10-17-6-14)8-13-4-12(9-19)2-3-15(11)13/h8-10,19H,3-7,11H2,1-2H3;2-6,9-11H,7-8H2,1H3. The first kappa shape index (κ1) is 29.5. The van der Waals surface area contributed by atoms with Gasteiger partial charge >= 0.3 is 6.18 Å². The average Bonchev–Trinajstić information content (AvgIpc) is 3.16. The van der Waals surface area contributed by atoms with Crippen molar-refractivity contribution >= 4 is 17.7 Å². The van der Waals surface area contributed by atoms with Crippen molar-refractivity contribution in [2.45, 2.75) is 38.5 Å². The Bertz CT molecular complexity index is 1270.